The van der Waals surface area contributed by atoms with Crippen LogP contribution in [0.4, 0.5) is 5.69 Å². The maximum Gasteiger partial charge on any atom is 0.275 e. The lowest BCUT2D eigenvalue weighted by Gasteiger charge is -2.16. The summed E-state index contributed by atoms with van der Waals surface area (Å²) in [7, 11) is 0. The molecule has 1 unspecified atom stereocenters. The Morgan fingerprint density at radius 1 is 1.13 bits per heavy atom. The van der Waals surface area contributed by atoms with Crippen molar-refractivity contribution in [1.29, 1.82) is 0 Å². The second-order valence-electron chi connectivity index (χ2n) is 7.42. The van der Waals surface area contributed by atoms with Crippen LogP contribution in [0.25, 0.3) is 22.8 Å². The van der Waals surface area contributed by atoms with E-state index < -0.39 is 0 Å². The Hall–Kier alpha value is -3.74. The minimum Gasteiger partial charge on any atom is -0.332 e. The van der Waals surface area contributed by atoms with Crippen LogP contribution in [-0.2, 0) is 11.2 Å². The van der Waals surface area contributed by atoms with Gasteiger partial charge >= 0.3 is 0 Å². The Balaban J connectivity index is 1.33. The molecule has 5 rings (SSSR count). The number of rotatable bonds is 5. The number of aromatic nitrogens is 4. The Labute approximate surface area is 173 Å². The molecule has 2 aromatic heterocycles. The topological polar surface area (TPSA) is 87.9 Å². The summed E-state index contributed by atoms with van der Waals surface area (Å²) in [6, 6.07) is 19.9. The van der Waals surface area contributed by atoms with Crippen LogP contribution < -0.4 is 4.90 Å². The second-order valence-corrected chi connectivity index (χ2v) is 7.42. The lowest BCUT2D eigenvalue weighted by molar-refractivity contribution is -0.117. The van der Waals surface area contributed by atoms with Crippen LogP contribution in [0.3, 0.4) is 0 Å². The van der Waals surface area contributed by atoms with Gasteiger partial charge in [0, 0.05) is 30.1 Å². The van der Waals surface area contributed by atoms with Gasteiger partial charge in [-0.25, -0.2) is 0 Å². The van der Waals surface area contributed by atoms with Crippen molar-refractivity contribution < 1.29 is 9.32 Å². The van der Waals surface area contributed by atoms with Crippen molar-refractivity contribution in [2.75, 3.05) is 11.4 Å². The van der Waals surface area contributed by atoms with E-state index in [1.54, 1.807) is 4.90 Å². The summed E-state index contributed by atoms with van der Waals surface area (Å²) in [4.78, 5) is 18.9. The quantitative estimate of drug-likeness (QED) is 0.543. The van der Waals surface area contributed by atoms with Crippen molar-refractivity contribution in [3.8, 4) is 22.8 Å². The zero-order chi connectivity index (χ0) is 20.5. The standard InChI is InChI=1S/C23H21N5O2/c1-2-15-8-10-18(11-9-15)28-14-17(12-21(28)29)22-24-23(30-27-22)20-13-19(25-26-20)16-6-4-3-5-7-16/h3-11,13,17H,2,12,14H2,1H3,(H,25,26). The van der Waals surface area contributed by atoms with Gasteiger partial charge in [0.2, 0.25) is 5.91 Å². The number of aryl methyl sites for hydroxylation is 1. The highest BCUT2D eigenvalue weighted by atomic mass is 16.5. The molecule has 1 N–H and O–H groups in total. The summed E-state index contributed by atoms with van der Waals surface area (Å²) in [5.74, 6) is 0.889. The molecule has 7 nitrogen and oxygen atoms in total. The summed E-state index contributed by atoms with van der Waals surface area (Å²) in [6.07, 6.45) is 1.34. The lowest BCUT2D eigenvalue weighted by atomic mass is 10.1. The van der Waals surface area contributed by atoms with Crippen LogP contribution in [0.2, 0.25) is 0 Å². The predicted molar refractivity (Wildman–Crippen MR) is 113 cm³/mol. The number of anilines is 1. The minimum absolute atomic E-state index is 0.0727. The fourth-order valence-corrected chi connectivity index (χ4v) is 3.74. The van der Waals surface area contributed by atoms with E-state index in [4.69, 9.17) is 4.52 Å². The molecule has 0 bridgehead atoms. The molecule has 30 heavy (non-hydrogen) atoms. The number of carbonyl (C=O) groups is 1. The van der Waals surface area contributed by atoms with Crippen molar-refractivity contribution in [2.24, 2.45) is 0 Å². The number of hydrogen-bond acceptors (Lipinski definition) is 5. The van der Waals surface area contributed by atoms with E-state index in [1.165, 1.54) is 5.56 Å². The summed E-state index contributed by atoms with van der Waals surface area (Å²) < 4.78 is 5.46. The molecule has 1 amide bonds. The molecule has 1 atom stereocenters. The smallest absolute Gasteiger partial charge is 0.275 e. The summed E-state index contributed by atoms with van der Waals surface area (Å²) >= 11 is 0. The maximum atomic E-state index is 12.6. The number of amides is 1. The molecule has 1 aliphatic heterocycles. The Morgan fingerprint density at radius 3 is 2.70 bits per heavy atom. The molecule has 7 heteroatoms. The van der Waals surface area contributed by atoms with Crippen LogP contribution in [0.1, 0.15) is 30.7 Å². The van der Waals surface area contributed by atoms with Gasteiger partial charge in [-0.3, -0.25) is 9.89 Å². The predicted octanol–water partition coefficient (Wildman–Crippen LogP) is 4.21. The third-order valence-electron chi connectivity index (χ3n) is 5.47. The first-order chi connectivity index (χ1) is 14.7. The molecule has 0 radical (unpaired) electrons. The Bertz CT molecular complexity index is 1160. The first-order valence-corrected chi connectivity index (χ1v) is 10.1. The van der Waals surface area contributed by atoms with Gasteiger partial charge in [-0.2, -0.15) is 10.1 Å². The van der Waals surface area contributed by atoms with Gasteiger partial charge in [0.1, 0.15) is 5.69 Å². The van der Waals surface area contributed by atoms with Gasteiger partial charge in [-0.1, -0.05) is 54.5 Å². The van der Waals surface area contributed by atoms with Gasteiger partial charge in [-0.05, 0) is 30.2 Å². The van der Waals surface area contributed by atoms with Gasteiger partial charge < -0.3 is 9.42 Å². The van der Waals surface area contributed by atoms with E-state index in [2.05, 4.69) is 39.4 Å². The monoisotopic (exact) mass is 399 g/mol. The number of nitrogens with zero attached hydrogens (tertiary/aromatic N) is 4. The third kappa shape index (κ3) is 3.39. The number of carbonyl (C=O) groups excluding carboxylic acids is 1. The van der Waals surface area contributed by atoms with Crippen molar-refractivity contribution in [3.05, 3.63) is 72.1 Å². The van der Waals surface area contributed by atoms with Crippen molar-refractivity contribution in [1.82, 2.24) is 20.3 Å². The van der Waals surface area contributed by atoms with Crippen molar-refractivity contribution in [3.63, 3.8) is 0 Å². The SMILES string of the molecule is CCc1ccc(N2CC(c3noc(-c4cc(-c5ccccc5)n[nH]4)n3)CC2=O)cc1. The minimum atomic E-state index is -0.0997. The normalized spacial score (nSPS) is 16.4. The van der Waals surface area contributed by atoms with E-state index in [0.29, 0.717) is 30.4 Å². The van der Waals surface area contributed by atoms with Crippen LogP contribution in [0, 0.1) is 0 Å². The first kappa shape index (κ1) is 18.3. The zero-order valence-electron chi connectivity index (χ0n) is 16.6. The molecule has 4 aromatic rings. The average molecular weight is 399 g/mol. The van der Waals surface area contributed by atoms with Crippen LogP contribution in [0.5, 0.6) is 0 Å². The van der Waals surface area contributed by atoms with Crippen molar-refractivity contribution >= 4 is 11.6 Å². The number of H-pyrrole nitrogens is 1. The fourth-order valence-electron chi connectivity index (χ4n) is 3.74. The number of hydrogen-bond donors (Lipinski definition) is 1. The third-order valence-corrected chi connectivity index (χ3v) is 5.47. The van der Waals surface area contributed by atoms with E-state index in [9.17, 15) is 4.79 Å². The molecule has 0 saturated carbocycles. The summed E-state index contributed by atoms with van der Waals surface area (Å²) in [5.41, 5.74) is 4.63. The highest BCUT2D eigenvalue weighted by molar-refractivity contribution is 5.96. The number of aromatic amines is 1. The first-order valence-electron chi connectivity index (χ1n) is 10.1. The summed E-state index contributed by atoms with van der Waals surface area (Å²) in [5, 5.41) is 11.4. The molecule has 1 aliphatic rings. The highest BCUT2D eigenvalue weighted by Gasteiger charge is 2.34. The Morgan fingerprint density at radius 2 is 1.93 bits per heavy atom. The molecule has 2 aromatic carbocycles. The van der Waals surface area contributed by atoms with Crippen LogP contribution >= 0.6 is 0 Å². The molecule has 1 fully saturated rings. The molecule has 150 valence electrons. The second kappa shape index (κ2) is 7.59. The van der Waals surface area contributed by atoms with E-state index in [0.717, 1.165) is 23.4 Å². The Kier molecular flexibility index (Phi) is 4.63. The van der Waals surface area contributed by atoms with Gasteiger partial charge in [-0.15, -0.1) is 0 Å². The molecular weight excluding hydrogens is 378 g/mol. The van der Waals surface area contributed by atoms with Crippen LogP contribution in [0.15, 0.2) is 65.2 Å². The highest BCUT2D eigenvalue weighted by Crippen LogP contribution is 2.32. The number of benzene rings is 2. The summed E-state index contributed by atoms with van der Waals surface area (Å²) in [6.45, 7) is 2.66. The van der Waals surface area contributed by atoms with Gasteiger partial charge in [0.05, 0.1) is 5.69 Å². The number of nitrogens with one attached hydrogen (secondary N) is 1. The molecular formula is C23H21N5O2. The fraction of sp³-hybridized carbons (Fsp3) is 0.217. The van der Waals surface area contributed by atoms with Gasteiger partial charge in [0.15, 0.2) is 5.82 Å². The largest absolute Gasteiger partial charge is 0.332 e. The van der Waals surface area contributed by atoms with Crippen LogP contribution in [-0.4, -0.2) is 32.8 Å². The molecule has 1 saturated heterocycles. The van der Waals surface area contributed by atoms with E-state index in [1.807, 2.05) is 48.5 Å². The molecule has 3 heterocycles. The maximum absolute atomic E-state index is 12.6. The lowest BCUT2D eigenvalue weighted by Crippen LogP contribution is -2.24. The van der Waals surface area contributed by atoms with Gasteiger partial charge in [0.25, 0.3) is 5.89 Å². The van der Waals surface area contributed by atoms with E-state index in [-0.39, 0.29) is 11.8 Å². The average Bonchev–Trinajstić information content (AvgIpc) is 3.53. The molecule has 0 spiro atoms. The zero-order valence-corrected chi connectivity index (χ0v) is 16.6. The van der Waals surface area contributed by atoms with E-state index >= 15 is 0 Å². The molecule has 0 aliphatic carbocycles. The van der Waals surface area contributed by atoms with Crippen molar-refractivity contribution in [2.45, 2.75) is 25.7 Å².